The Bertz CT molecular complexity index is 4530. The number of para-hydroxylation sites is 2. The lowest BCUT2D eigenvalue weighted by Crippen LogP contribution is -2.04. The Morgan fingerprint density at radius 3 is 1.20 bits per heavy atom. The van der Waals surface area contributed by atoms with Crippen molar-refractivity contribution in [3.05, 3.63) is 243 Å². The number of rotatable bonds is 5. The zero-order valence-electron chi connectivity index (χ0n) is 37.9. The van der Waals surface area contributed by atoms with Gasteiger partial charge in [0, 0.05) is 38.1 Å². The van der Waals surface area contributed by atoms with Gasteiger partial charge in [-0.15, -0.1) is 0 Å². The number of aromatic nitrogens is 4. The smallest absolute Gasteiger partial charge is 0.235 e. The van der Waals surface area contributed by atoms with Crippen LogP contribution in [0.25, 0.3) is 143 Å². The molecule has 0 fully saturated rings. The van der Waals surface area contributed by atoms with Gasteiger partial charge in [-0.05, 0) is 120 Å². The molecule has 324 valence electrons. The van der Waals surface area contributed by atoms with E-state index in [1.807, 2.05) is 0 Å². The summed E-state index contributed by atoms with van der Waals surface area (Å²) in [6.45, 7) is 0. The summed E-state index contributed by atoms with van der Waals surface area (Å²) in [5, 5.41) is 17.1. The lowest BCUT2D eigenvalue weighted by Gasteiger charge is -2.16. The highest BCUT2D eigenvalue weighted by Crippen LogP contribution is 2.43. The third kappa shape index (κ3) is 5.84. The minimum atomic E-state index is 0.635. The minimum absolute atomic E-state index is 0.635. The zero-order chi connectivity index (χ0) is 45.9. The molecule has 0 spiro atoms. The number of hydrogen-bond donors (Lipinski definition) is 0. The van der Waals surface area contributed by atoms with Gasteiger partial charge < -0.3 is 4.57 Å². The molecule has 0 unspecified atom stereocenters. The van der Waals surface area contributed by atoms with Crippen molar-refractivity contribution in [3.63, 3.8) is 0 Å². The lowest BCUT2D eigenvalue weighted by atomic mass is 9.93. The Morgan fingerprint density at radius 2 is 0.643 bits per heavy atom. The van der Waals surface area contributed by atoms with Crippen molar-refractivity contribution in [2.24, 2.45) is 0 Å². The van der Waals surface area contributed by atoms with E-state index in [0.717, 1.165) is 55.4 Å². The van der Waals surface area contributed by atoms with Gasteiger partial charge >= 0.3 is 0 Å². The summed E-state index contributed by atoms with van der Waals surface area (Å²) in [4.78, 5) is 10.8. The summed E-state index contributed by atoms with van der Waals surface area (Å²) in [7, 11) is 0. The van der Waals surface area contributed by atoms with Crippen LogP contribution >= 0.6 is 0 Å². The second-order valence-corrected chi connectivity index (χ2v) is 18.5. The van der Waals surface area contributed by atoms with Crippen LogP contribution in [0.5, 0.6) is 0 Å². The molecule has 0 aliphatic carbocycles. The fourth-order valence-corrected chi connectivity index (χ4v) is 11.4. The Balaban J connectivity index is 0.914. The molecule has 0 saturated carbocycles. The second-order valence-electron chi connectivity index (χ2n) is 18.5. The molecule has 0 N–H and O–H groups in total. The van der Waals surface area contributed by atoms with Gasteiger partial charge in [-0.2, -0.15) is 0 Å². The summed E-state index contributed by atoms with van der Waals surface area (Å²) in [5.74, 6) is 0.635. The molecule has 4 nitrogen and oxygen atoms in total. The van der Waals surface area contributed by atoms with Crippen molar-refractivity contribution in [1.29, 1.82) is 0 Å². The van der Waals surface area contributed by atoms with E-state index in [2.05, 4.69) is 252 Å². The van der Waals surface area contributed by atoms with E-state index in [-0.39, 0.29) is 0 Å². The second kappa shape index (κ2) is 15.1. The first-order valence-corrected chi connectivity index (χ1v) is 24.0. The highest BCUT2D eigenvalue weighted by atomic mass is 15.2. The molecule has 15 rings (SSSR count). The molecule has 70 heavy (non-hydrogen) atoms. The van der Waals surface area contributed by atoms with E-state index < -0.39 is 0 Å². The summed E-state index contributed by atoms with van der Waals surface area (Å²) in [5.41, 5.74) is 11.8. The van der Waals surface area contributed by atoms with E-state index in [9.17, 15) is 0 Å². The summed E-state index contributed by atoms with van der Waals surface area (Å²) < 4.78 is 4.73. The van der Waals surface area contributed by atoms with Crippen molar-refractivity contribution in [3.8, 4) is 45.3 Å². The largest absolute Gasteiger partial charge is 0.309 e. The molecule has 15 aromatic rings. The Hall–Kier alpha value is -9.38. The first-order valence-electron chi connectivity index (χ1n) is 24.0. The van der Waals surface area contributed by atoms with E-state index in [0.29, 0.717) is 5.95 Å². The molecular formula is C66H40N4. The summed E-state index contributed by atoms with van der Waals surface area (Å²) in [6.07, 6.45) is 0. The van der Waals surface area contributed by atoms with Crippen molar-refractivity contribution < 1.29 is 0 Å². The normalized spacial score (nSPS) is 12.0. The van der Waals surface area contributed by atoms with Crippen molar-refractivity contribution in [1.82, 2.24) is 19.1 Å². The summed E-state index contributed by atoms with van der Waals surface area (Å²) >= 11 is 0. The molecule has 0 aliphatic rings. The van der Waals surface area contributed by atoms with Crippen molar-refractivity contribution in [2.75, 3.05) is 0 Å². The Kier molecular flexibility index (Phi) is 8.33. The quantitative estimate of drug-likeness (QED) is 0.161. The average Bonchev–Trinajstić information content (AvgIpc) is 3.95. The average molecular weight is 889 g/mol. The van der Waals surface area contributed by atoms with Gasteiger partial charge in [0.2, 0.25) is 5.95 Å². The van der Waals surface area contributed by atoms with E-state index in [4.69, 9.17) is 9.97 Å². The molecule has 3 aromatic heterocycles. The molecule has 4 heteroatoms. The highest BCUT2D eigenvalue weighted by molar-refractivity contribution is 6.28. The molecule has 0 bridgehead atoms. The molecular weight excluding hydrogens is 849 g/mol. The highest BCUT2D eigenvalue weighted by Gasteiger charge is 2.21. The maximum atomic E-state index is 5.41. The molecule has 0 radical (unpaired) electrons. The van der Waals surface area contributed by atoms with Crippen LogP contribution in [0.2, 0.25) is 0 Å². The predicted molar refractivity (Wildman–Crippen MR) is 295 cm³/mol. The fraction of sp³-hybridized carbons (Fsp3) is 0. The van der Waals surface area contributed by atoms with Gasteiger partial charge in [0.1, 0.15) is 0 Å². The van der Waals surface area contributed by atoms with Crippen LogP contribution in [0, 0.1) is 0 Å². The number of benzene rings is 12. The van der Waals surface area contributed by atoms with Crippen LogP contribution in [-0.4, -0.2) is 19.1 Å². The third-order valence-electron chi connectivity index (χ3n) is 14.7. The van der Waals surface area contributed by atoms with Crippen LogP contribution in [0.1, 0.15) is 0 Å². The van der Waals surface area contributed by atoms with Crippen LogP contribution in [0.3, 0.4) is 0 Å². The summed E-state index contributed by atoms with van der Waals surface area (Å²) in [6, 6.07) is 88.2. The Labute approximate surface area is 402 Å². The van der Waals surface area contributed by atoms with E-state index >= 15 is 0 Å². The van der Waals surface area contributed by atoms with Crippen LogP contribution in [-0.2, 0) is 0 Å². The van der Waals surface area contributed by atoms with Gasteiger partial charge in [-0.3, -0.25) is 4.57 Å². The van der Waals surface area contributed by atoms with Crippen LogP contribution in [0.4, 0.5) is 0 Å². The molecule has 0 aliphatic heterocycles. The molecule has 0 saturated heterocycles. The predicted octanol–water partition coefficient (Wildman–Crippen LogP) is 17.4. The van der Waals surface area contributed by atoms with E-state index in [1.54, 1.807) is 0 Å². The monoisotopic (exact) mass is 888 g/mol. The third-order valence-corrected chi connectivity index (χ3v) is 14.7. The van der Waals surface area contributed by atoms with Crippen LogP contribution < -0.4 is 0 Å². The minimum Gasteiger partial charge on any atom is -0.309 e. The van der Waals surface area contributed by atoms with E-state index in [1.165, 1.54) is 81.4 Å². The molecule has 0 atom stereocenters. The molecule has 3 heterocycles. The topological polar surface area (TPSA) is 35.6 Å². The molecule has 12 aromatic carbocycles. The van der Waals surface area contributed by atoms with Crippen LogP contribution in [0.15, 0.2) is 243 Å². The number of nitrogens with zero attached hydrogens (tertiary/aromatic N) is 4. The van der Waals surface area contributed by atoms with Crippen molar-refractivity contribution in [2.45, 2.75) is 0 Å². The van der Waals surface area contributed by atoms with Gasteiger partial charge in [0.25, 0.3) is 0 Å². The maximum Gasteiger partial charge on any atom is 0.235 e. The first-order chi connectivity index (χ1) is 34.7. The van der Waals surface area contributed by atoms with Gasteiger partial charge in [0.15, 0.2) is 0 Å². The number of fused-ring (bicyclic) bond motifs is 14. The van der Waals surface area contributed by atoms with Crippen molar-refractivity contribution >= 4 is 97.5 Å². The fourth-order valence-electron chi connectivity index (χ4n) is 11.4. The maximum absolute atomic E-state index is 5.41. The SMILES string of the molecule is c1ccc2cc(-c3cc(-c4ccc5ccccc5c4)nc(-n4c5ccccc5c5cc(-c6ccc7c(c6)c6ccccc6n7-c6cccc7c8ccccc8c8ccccc8c67)ccc54)n3)ccc2c1. The lowest BCUT2D eigenvalue weighted by molar-refractivity contribution is 0.996. The van der Waals surface area contributed by atoms with Gasteiger partial charge in [-0.1, -0.05) is 182 Å². The standard InChI is InChI=1S/C66H40N4/c1-3-16-43-36-47(30-28-41(43)14-1)58-40-59(48-31-29-42-15-2-4-17-44(42)37-48)68-66(67-58)70-61-26-12-10-22-53(61)57-39-46(33-35-63(57)70)45-32-34-62-56(38-45)52-21-9-11-25-60(52)69(62)64-27-13-24-55-51-19-6-5-18-49(51)50-20-7-8-23-54(50)65(55)64/h1-40H. The molecule has 0 amide bonds. The van der Waals surface area contributed by atoms with Gasteiger partial charge in [0.05, 0.1) is 39.1 Å². The zero-order valence-corrected chi connectivity index (χ0v) is 37.9. The first kappa shape index (κ1) is 38.7. The number of hydrogen-bond acceptors (Lipinski definition) is 2. The van der Waals surface area contributed by atoms with Gasteiger partial charge in [-0.25, -0.2) is 9.97 Å². The Morgan fingerprint density at radius 1 is 0.243 bits per heavy atom.